The first-order valence-electron chi connectivity index (χ1n) is 25.7. The minimum atomic E-state index is -0.570. The maximum Gasteiger partial charge on any atom is 0.407 e. The monoisotopic (exact) mass is 884 g/mol. The molecule has 8 atom stereocenters. The molecule has 63 heavy (non-hydrogen) atoms. The van der Waals surface area contributed by atoms with Gasteiger partial charge >= 0.3 is 18.2 Å². The summed E-state index contributed by atoms with van der Waals surface area (Å²) >= 11 is 0. The molecule has 0 unspecified atom stereocenters. The molecular formula is C53H93N3O7. The summed E-state index contributed by atoms with van der Waals surface area (Å²) in [4.78, 5) is 52.7. The lowest BCUT2D eigenvalue weighted by Gasteiger charge is -2.58. The molecule has 10 heteroatoms. The Kier molecular flexibility index (Phi) is 20.2. The zero-order chi connectivity index (χ0) is 46.4. The number of nitrogens with one attached hydrogen (secondary N) is 2. The maximum atomic E-state index is 13.5. The fourth-order valence-corrected chi connectivity index (χ4v) is 12.3. The molecule has 3 amide bonds. The van der Waals surface area contributed by atoms with Crippen LogP contribution in [0.5, 0.6) is 0 Å². The van der Waals surface area contributed by atoms with Crippen LogP contribution in [0.25, 0.3) is 0 Å². The van der Waals surface area contributed by atoms with Gasteiger partial charge in [0.25, 0.3) is 0 Å². The molecular weight excluding hydrogens is 791 g/mol. The number of alkyl carbamates (subject to hydrolysis) is 2. The van der Waals surface area contributed by atoms with E-state index in [9.17, 15) is 19.2 Å². The summed E-state index contributed by atoms with van der Waals surface area (Å²) in [6, 6.07) is 0. The van der Waals surface area contributed by atoms with E-state index in [1.54, 1.807) is 0 Å². The van der Waals surface area contributed by atoms with Gasteiger partial charge in [-0.3, -0.25) is 9.59 Å². The Morgan fingerprint density at radius 2 is 1.33 bits per heavy atom. The zero-order valence-electron chi connectivity index (χ0n) is 42.1. The van der Waals surface area contributed by atoms with Crippen LogP contribution >= 0.6 is 0 Å². The molecule has 0 aromatic carbocycles. The highest BCUT2D eigenvalue weighted by Gasteiger charge is 2.59. The Balaban J connectivity index is 1.20. The first-order chi connectivity index (χ1) is 29.6. The molecule has 0 saturated heterocycles. The van der Waals surface area contributed by atoms with Crippen LogP contribution in [0.15, 0.2) is 11.6 Å². The van der Waals surface area contributed by atoms with Crippen molar-refractivity contribution < 1.29 is 33.4 Å². The van der Waals surface area contributed by atoms with E-state index in [0.717, 1.165) is 93.3 Å². The van der Waals surface area contributed by atoms with Crippen LogP contribution in [0.1, 0.15) is 211 Å². The van der Waals surface area contributed by atoms with Gasteiger partial charge < -0.3 is 29.7 Å². The molecule has 4 aliphatic carbocycles. The van der Waals surface area contributed by atoms with Crippen molar-refractivity contribution >= 4 is 24.1 Å². The van der Waals surface area contributed by atoms with E-state index in [1.165, 1.54) is 56.9 Å². The molecule has 362 valence electrons. The second kappa shape index (κ2) is 24.1. The molecule has 10 nitrogen and oxygen atoms in total. The van der Waals surface area contributed by atoms with Crippen LogP contribution in [-0.4, -0.2) is 72.4 Å². The van der Waals surface area contributed by atoms with E-state index in [4.69, 9.17) is 14.2 Å². The zero-order valence-corrected chi connectivity index (χ0v) is 42.1. The molecule has 4 aliphatic rings. The number of amides is 3. The van der Waals surface area contributed by atoms with E-state index in [0.29, 0.717) is 50.9 Å². The minimum Gasteiger partial charge on any atom is -0.462 e. The van der Waals surface area contributed by atoms with Gasteiger partial charge in [-0.1, -0.05) is 91.2 Å². The number of carbonyl (C=O) groups is 4. The topological polar surface area (TPSA) is 123 Å². The predicted octanol–water partition coefficient (Wildman–Crippen LogP) is 12.7. The van der Waals surface area contributed by atoms with Gasteiger partial charge in [0.1, 0.15) is 17.3 Å². The highest BCUT2D eigenvalue weighted by atomic mass is 16.6. The Morgan fingerprint density at radius 1 is 0.714 bits per heavy atom. The van der Waals surface area contributed by atoms with E-state index >= 15 is 0 Å². The van der Waals surface area contributed by atoms with E-state index in [1.807, 2.05) is 46.4 Å². The number of fused-ring (bicyclic) bond motifs is 5. The third kappa shape index (κ3) is 16.6. The van der Waals surface area contributed by atoms with Crippen LogP contribution in [0.2, 0.25) is 0 Å². The number of unbranched alkanes of at least 4 members (excludes halogenated alkanes) is 5. The summed E-state index contributed by atoms with van der Waals surface area (Å²) in [7, 11) is 0. The normalized spacial score (nSPS) is 27.3. The number of hydrogen-bond donors (Lipinski definition) is 2. The highest BCUT2D eigenvalue weighted by molar-refractivity contribution is 5.77. The molecule has 3 saturated carbocycles. The summed E-state index contributed by atoms with van der Waals surface area (Å²) in [5.41, 5.74) is 1.16. The number of nitrogens with zero attached hydrogens (tertiary/aromatic N) is 1. The average Bonchev–Trinajstić information content (AvgIpc) is 3.54. The van der Waals surface area contributed by atoms with Crippen LogP contribution in [0.4, 0.5) is 9.59 Å². The first kappa shape index (κ1) is 52.8. The number of rotatable bonds is 23. The predicted molar refractivity (Wildman–Crippen MR) is 254 cm³/mol. The van der Waals surface area contributed by atoms with Gasteiger partial charge in [-0.25, -0.2) is 9.59 Å². The van der Waals surface area contributed by atoms with Gasteiger partial charge in [0.2, 0.25) is 5.91 Å². The molecule has 0 bridgehead atoms. The SMILES string of the molecule is CC(C)CCC[C@@H](C)[C@H]1CC[C@H]2[C@@H]3CC=C4C[C@@H](OC(=O)CCCC(=O)N(CCCCCCCCNC(=O)OC(C)(C)C)CCCNC(=O)OC(C)(C)C)CC[C@]4(C)[C@H]3CC[C@]12C. The van der Waals surface area contributed by atoms with Crippen molar-refractivity contribution in [3.05, 3.63) is 11.6 Å². The van der Waals surface area contributed by atoms with Crippen LogP contribution in [0.3, 0.4) is 0 Å². The van der Waals surface area contributed by atoms with Crippen molar-refractivity contribution in [1.29, 1.82) is 0 Å². The number of hydrogen-bond acceptors (Lipinski definition) is 7. The molecule has 4 rings (SSSR count). The van der Waals surface area contributed by atoms with Crippen LogP contribution in [-0.2, 0) is 23.8 Å². The van der Waals surface area contributed by atoms with E-state index < -0.39 is 17.3 Å². The van der Waals surface area contributed by atoms with E-state index in [2.05, 4.69) is 51.3 Å². The summed E-state index contributed by atoms with van der Waals surface area (Å²) in [6.45, 7) is 25.7. The Bertz CT molecular complexity index is 1500. The number of carbonyl (C=O) groups excluding carboxylic acids is 4. The number of ether oxygens (including phenoxy) is 3. The highest BCUT2D eigenvalue weighted by Crippen LogP contribution is 2.67. The number of allylic oxidation sites excluding steroid dienone is 1. The standard InChI is InChI=1S/C53H93N3O7/c1-38(2)21-18-22-39(3)43-27-28-44-42-26-25-40-37-41(29-31-52(40,10)45(42)30-32-53(43,44)11)61-47(58)24-19-23-46(57)56(36-20-34-55-49(60)63-51(7,8)9)35-17-15-13-12-14-16-33-54-48(59)62-50(4,5)6/h25,38-39,41-45H,12-24,26-37H2,1-11H3,(H,54,59)(H,55,60)/t39-,41+,42+,43-,44+,45+,52+,53-/m1/s1. The maximum absolute atomic E-state index is 13.5. The smallest absolute Gasteiger partial charge is 0.407 e. The van der Waals surface area contributed by atoms with Crippen LogP contribution in [0, 0.1) is 46.3 Å². The average molecular weight is 884 g/mol. The molecule has 0 aromatic rings. The van der Waals surface area contributed by atoms with Gasteiger partial charge in [0.05, 0.1) is 0 Å². The summed E-state index contributed by atoms with van der Waals surface area (Å²) in [6.07, 6.45) is 22.9. The second-order valence-electron chi connectivity index (χ2n) is 23.2. The Hall–Kier alpha value is -2.78. The molecule has 0 aromatic heterocycles. The van der Waals surface area contributed by atoms with Crippen molar-refractivity contribution in [1.82, 2.24) is 15.5 Å². The second-order valence-corrected chi connectivity index (χ2v) is 23.2. The van der Waals surface area contributed by atoms with Crippen molar-refractivity contribution in [3.8, 4) is 0 Å². The van der Waals surface area contributed by atoms with Gasteiger partial charge in [-0.05, 0) is 159 Å². The molecule has 3 fully saturated rings. The third-order valence-corrected chi connectivity index (χ3v) is 15.5. The number of esters is 1. The van der Waals surface area contributed by atoms with Crippen molar-refractivity contribution in [2.24, 2.45) is 46.3 Å². The van der Waals surface area contributed by atoms with Crippen molar-refractivity contribution in [3.63, 3.8) is 0 Å². The lowest BCUT2D eigenvalue weighted by Crippen LogP contribution is -2.51. The van der Waals surface area contributed by atoms with E-state index in [-0.39, 0.29) is 35.9 Å². The third-order valence-electron chi connectivity index (χ3n) is 15.5. The van der Waals surface area contributed by atoms with Gasteiger partial charge in [0.15, 0.2) is 0 Å². The van der Waals surface area contributed by atoms with Gasteiger partial charge in [-0.15, -0.1) is 0 Å². The van der Waals surface area contributed by atoms with Gasteiger partial charge in [0, 0.05) is 45.4 Å². The Labute approximate surface area is 384 Å². The fourth-order valence-electron chi connectivity index (χ4n) is 12.3. The first-order valence-corrected chi connectivity index (χ1v) is 25.7. The summed E-state index contributed by atoms with van der Waals surface area (Å²) < 4.78 is 16.8. The minimum absolute atomic E-state index is 0.0429. The summed E-state index contributed by atoms with van der Waals surface area (Å²) in [5, 5.41) is 5.63. The fraction of sp³-hybridized carbons (Fsp3) is 0.887. The molecule has 0 radical (unpaired) electrons. The molecule has 0 heterocycles. The van der Waals surface area contributed by atoms with Crippen molar-refractivity contribution in [2.45, 2.75) is 228 Å². The van der Waals surface area contributed by atoms with Gasteiger partial charge in [-0.2, -0.15) is 0 Å². The quantitative estimate of drug-likeness (QED) is 0.0453. The van der Waals surface area contributed by atoms with Crippen LogP contribution < -0.4 is 10.6 Å². The molecule has 0 spiro atoms. The molecule has 0 aliphatic heterocycles. The van der Waals surface area contributed by atoms with Crippen molar-refractivity contribution in [2.75, 3.05) is 26.2 Å². The largest absolute Gasteiger partial charge is 0.462 e. The molecule has 2 N–H and O–H groups in total. The lowest BCUT2D eigenvalue weighted by molar-refractivity contribution is -0.151. The lowest BCUT2D eigenvalue weighted by atomic mass is 9.47. The summed E-state index contributed by atoms with van der Waals surface area (Å²) in [5.74, 6) is 4.71. The Morgan fingerprint density at radius 3 is 1.98 bits per heavy atom.